The SMILES string of the molecule is O=[S+]c1cccc(OCCCN(Cc2cccc(C(F)F)c2Cl)CC(c2ccccc2)c2ccccc2)c1. The molecule has 3 nitrogen and oxygen atoms in total. The van der Waals surface area contributed by atoms with Crippen LogP contribution >= 0.6 is 11.6 Å². The first kappa shape index (κ1) is 27.8. The van der Waals surface area contributed by atoms with Crippen molar-refractivity contribution in [2.24, 2.45) is 0 Å². The molecule has 0 N–H and O–H groups in total. The molecule has 0 aliphatic rings. The molecule has 0 fully saturated rings. The Morgan fingerprint density at radius 3 is 2.13 bits per heavy atom. The molecule has 0 aliphatic carbocycles. The molecule has 0 saturated carbocycles. The molecule has 0 amide bonds. The monoisotopic (exact) mass is 552 g/mol. The van der Waals surface area contributed by atoms with Crippen molar-refractivity contribution >= 4 is 23.3 Å². The third kappa shape index (κ3) is 7.67. The van der Waals surface area contributed by atoms with Gasteiger partial charge in [0.25, 0.3) is 11.3 Å². The van der Waals surface area contributed by atoms with Gasteiger partial charge in [-0.05, 0) is 29.2 Å². The fourth-order valence-corrected chi connectivity index (χ4v) is 5.06. The average molecular weight is 553 g/mol. The van der Waals surface area contributed by atoms with Gasteiger partial charge in [-0.15, -0.1) is 0 Å². The highest BCUT2D eigenvalue weighted by molar-refractivity contribution is 7.65. The highest BCUT2D eigenvalue weighted by Crippen LogP contribution is 2.32. The lowest BCUT2D eigenvalue weighted by atomic mass is 9.90. The quantitative estimate of drug-likeness (QED) is 0.124. The van der Waals surface area contributed by atoms with E-state index in [1.165, 1.54) is 17.2 Å². The first-order valence-corrected chi connectivity index (χ1v) is 13.6. The van der Waals surface area contributed by atoms with E-state index in [0.29, 0.717) is 60.5 Å². The second-order valence-corrected chi connectivity index (χ2v) is 10.0. The fourth-order valence-electron chi connectivity index (χ4n) is 4.49. The summed E-state index contributed by atoms with van der Waals surface area (Å²) in [5.41, 5.74) is 2.88. The van der Waals surface area contributed by atoms with Crippen molar-refractivity contribution in [2.75, 3.05) is 19.7 Å². The molecule has 0 bridgehead atoms. The molecule has 196 valence electrons. The summed E-state index contributed by atoms with van der Waals surface area (Å²) in [4.78, 5) is 2.85. The van der Waals surface area contributed by atoms with Crippen molar-refractivity contribution in [2.45, 2.75) is 30.2 Å². The van der Waals surface area contributed by atoms with Gasteiger partial charge in [-0.3, -0.25) is 4.90 Å². The van der Waals surface area contributed by atoms with Crippen LogP contribution in [0.15, 0.2) is 108 Å². The number of halogens is 3. The van der Waals surface area contributed by atoms with E-state index in [0.717, 1.165) is 0 Å². The average Bonchev–Trinajstić information content (AvgIpc) is 2.95. The van der Waals surface area contributed by atoms with Crippen molar-refractivity contribution in [1.29, 1.82) is 0 Å². The van der Waals surface area contributed by atoms with Crippen molar-refractivity contribution < 1.29 is 17.7 Å². The lowest BCUT2D eigenvalue weighted by molar-refractivity contribution is 0.151. The van der Waals surface area contributed by atoms with Crippen LogP contribution in [0.2, 0.25) is 5.02 Å². The van der Waals surface area contributed by atoms with Gasteiger partial charge in [-0.2, -0.15) is 0 Å². The number of rotatable bonds is 13. The molecule has 0 aliphatic heterocycles. The van der Waals surface area contributed by atoms with Crippen LogP contribution in [0.5, 0.6) is 5.75 Å². The molecule has 4 rings (SSSR count). The van der Waals surface area contributed by atoms with Crippen LogP contribution in [0.1, 0.15) is 41.0 Å². The van der Waals surface area contributed by atoms with Gasteiger partial charge in [0.15, 0.2) is 0 Å². The minimum atomic E-state index is -2.63. The Labute approximate surface area is 231 Å². The van der Waals surface area contributed by atoms with Crippen molar-refractivity contribution in [3.05, 3.63) is 130 Å². The van der Waals surface area contributed by atoms with Crippen molar-refractivity contribution in [1.82, 2.24) is 4.90 Å². The lowest BCUT2D eigenvalue weighted by Crippen LogP contribution is -2.31. The van der Waals surface area contributed by atoms with E-state index in [9.17, 15) is 13.0 Å². The van der Waals surface area contributed by atoms with Gasteiger partial charge in [-0.1, -0.05) is 96.5 Å². The van der Waals surface area contributed by atoms with Gasteiger partial charge in [0, 0.05) is 41.4 Å². The topological polar surface area (TPSA) is 29.5 Å². The minimum absolute atomic E-state index is 0.0844. The molecule has 0 atom stereocenters. The molecule has 0 radical (unpaired) electrons. The Morgan fingerprint density at radius 2 is 1.50 bits per heavy atom. The molecule has 7 heteroatoms. The summed E-state index contributed by atoms with van der Waals surface area (Å²) < 4.78 is 44.0. The molecule has 0 spiro atoms. The molecule has 4 aromatic rings. The number of hydrogen-bond donors (Lipinski definition) is 0. The van der Waals surface area contributed by atoms with Gasteiger partial charge >= 0.3 is 11.7 Å². The van der Waals surface area contributed by atoms with E-state index in [-0.39, 0.29) is 16.5 Å². The predicted molar refractivity (Wildman–Crippen MR) is 149 cm³/mol. The van der Waals surface area contributed by atoms with E-state index in [1.807, 2.05) is 48.5 Å². The smallest absolute Gasteiger partial charge is 0.493 e. The Balaban J connectivity index is 1.55. The Bertz CT molecular complexity index is 1270. The van der Waals surface area contributed by atoms with Crippen LogP contribution in [0, 0.1) is 0 Å². The largest absolute Gasteiger partial charge is 0.505 e. The maximum Gasteiger partial charge on any atom is 0.505 e. The Hall–Kier alpha value is -3.19. The number of ether oxygens (including phenoxy) is 1. The summed E-state index contributed by atoms with van der Waals surface area (Å²) >= 11 is 6.86. The number of benzene rings is 4. The summed E-state index contributed by atoms with van der Waals surface area (Å²) in [6, 6.07) is 32.5. The van der Waals surface area contributed by atoms with E-state index in [4.69, 9.17) is 16.3 Å². The Kier molecular flexibility index (Phi) is 10.3. The number of alkyl halides is 2. The first-order valence-electron chi connectivity index (χ1n) is 12.5. The lowest BCUT2D eigenvalue weighted by Gasteiger charge is -2.29. The molecular weight excluding hydrogens is 524 g/mol. The Morgan fingerprint density at radius 1 is 0.842 bits per heavy atom. The normalized spacial score (nSPS) is 11.3. The molecule has 38 heavy (non-hydrogen) atoms. The molecule has 4 aromatic carbocycles. The number of hydrogen-bond acceptors (Lipinski definition) is 3. The predicted octanol–water partition coefficient (Wildman–Crippen LogP) is 8.17. The standard InChI is InChI=1S/C31H29ClF2NO2S/c32-30-25(14-7-17-28(30)31(33)34)21-35(18-9-19-37-26-15-8-16-27(20-26)38-36)22-29(23-10-3-1-4-11-23)24-12-5-2-6-13-24/h1-8,10-17,20,29,31H,9,18-19,21-22H2/q+1. The fraction of sp³-hybridized carbons (Fsp3) is 0.226. The third-order valence-electron chi connectivity index (χ3n) is 6.37. The van der Waals surface area contributed by atoms with Crippen LogP contribution in [0.3, 0.4) is 0 Å². The van der Waals surface area contributed by atoms with Crippen LogP contribution in [0.25, 0.3) is 0 Å². The van der Waals surface area contributed by atoms with Crippen molar-refractivity contribution in [3.8, 4) is 5.75 Å². The minimum Gasteiger partial charge on any atom is -0.493 e. The number of nitrogens with zero attached hydrogens (tertiary/aromatic N) is 1. The van der Waals surface area contributed by atoms with E-state index in [2.05, 4.69) is 29.2 Å². The van der Waals surface area contributed by atoms with Crippen LogP contribution in [-0.4, -0.2) is 24.6 Å². The third-order valence-corrected chi connectivity index (χ3v) is 7.28. The molecule has 0 aromatic heterocycles. The molecule has 0 saturated heterocycles. The zero-order chi connectivity index (χ0) is 26.7. The molecule has 0 unspecified atom stereocenters. The maximum absolute atomic E-state index is 13.5. The highest BCUT2D eigenvalue weighted by atomic mass is 35.5. The van der Waals surface area contributed by atoms with Gasteiger partial charge in [0.2, 0.25) is 0 Å². The summed E-state index contributed by atoms with van der Waals surface area (Å²) in [6.07, 6.45) is -1.93. The summed E-state index contributed by atoms with van der Waals surface area (Å²) in [6.45, 7) is 2.22. The van der Waals surface area contributed by atoms with E-state index in [1.54, 1.807) is 24.3 Å². The maximum atomic E-state index is 13.5. The van der Waals surface area contributed by atoms with Gasteiger partial charge in [0.05, 0.1) is 17.7 Å². The van der Waals surface area contributed by atoms with Crippen LogP contribution in [0.4, 0.5) is 8.78 Å². The molecule has 0 heterocycles. The van der Waals surface area contributed by atoms with Crippen LogP contribution in [-0.2, 0) is 22.4 Å². The zero-order valence-corrected chi connectivity index (χ0v) is 22.4. The zero-order valence-electron chi connectivity index (χ0n) is 20.8. The highest BCUT2D eigenvalue weighted by Gasteiger charge is 2.21. The summed E-state index contributed by atoms with van der Waals surface area (Å²) in [7, 11) is 0. The van der Waals surface area contributed by atoms with Crippen LogP contribution < -0.4 is 4.74 Å². The second kappa shape index (κ2) is 14.1. The first-order chi connectivity index (χ1) is 18.5. The summed E-state index contributed by atoms with van der Waals surface area (Å²) in [5, 5.41) is 0.117. The van der Waals surface area contributed by atoms with E-state index < -0.39 is 6.43 Å². The van der Waals surface area contributed by atoms with Gasteiger partial charge < -0.3 is 4.74 Å². The van der Waals surface area contributed by atoms with Crippen molar-refractivity contribution in [3.63, 3.8) is 0 Å². The molecular formula is C31H29ClF2NO2S+. The van der Waals surface area contributed by atoms with Gasteiger partial charge in [0.1, 0.15) is 5.75 Å². The van der Waals surface area contributed by atoms with E-state index >= 15 is 0 Å². The second-order valence-electron chi connectivity index (χ2n) is 8.99. The summed E-state index contributed by atoms with van der Waals surface area (Å²) in [5.74, 6) is 0.734. The van der Waals surface area contributed by atoms with Gasteiger partial charge in [-0.25, -0.2) is 8.78 Å².